The fourth-order valence-electron chi connectivity index (χ4n) is 2.11. The summed E-state index contributed by atoms with van der Waals surface area (Å²) in [6.45, 7) is 3.81. The summed E-state index contributed by atoms with van der Waals surface area (Å²) in [6, 6.07) is 11.5. The Kier molecular flexibility index (Phi) is 2.30. The maximum absolute atomic E-state index is 11.8. The summed E-state index contributed by atoms with van der Waals surface area (Å²) in [5.74, 6) is 0.659. The van der Waals surface area contributed by atoms with Crippen LogP contribution < -0.4 is 5.56 Å². The number of para-hydroxylation sites is 1. The Hall–Kier alpha value is -2.36. The predicted octanol–water partition coefficient (Wildman–Crippen LogP) is 2.33. The molecule has 0 bridgehead atoms. The highest BCUT2D eigenvalue weighted by Gasteiger charge is 2.08. The molecule has 2 aromatic heterocycles. The van der Waals surface area contributed by atoms with Crippen molar-refractivity contribution in [3.8, 4) is 5.82 Å². The molecule has 18 heavy (non-hydrogen) atoms. The van der Waals surface area contributed by atoms with E-state index in [1.54, 1.807) is 6.07 Å². The Labute approximate surface area is 104 Å². The average Bonchev–Trinajstić information content (AvgIpc) is 2.67. The zero-order valence-corrected chi connectivity index (χ0v) is 10.3. The van der Waals surface area contributed by atoms with Gasteiger partial charge in [0.15, 0.2) is 5.82 Å². The van der Waals surface area contributed by atoms with E-state index in [2.05, 4.69) is 10.1 Å². The Balaban J connectivity index is 2.32. The average molecular weight is 239 g/mol. The van der Waals surface area contributed by atoms with Crippen LogP contribution in [0.25, 0.3) is 16.7 Å². The molecule has 0 saturated heterocycles. The van der Waals surface area contributed by atoms with E-state index in [0.29, 0.717) is 5.82 Å². The smallest absolute Gasteiger partial charge is 0.272 e. The van der Waals surface area contributed by atoms with Crippen molar-refractivity contribution in [3.05, 3.63) is 58.0 Å². The molecule has 0 radical (unpaired) electrons. The van der Waals surface area contributed by atoms with Gasteiger partial charge in [-0.05, 0) is 31.5 Å². The van der Waals surface area contributed by atoms with Gasteiger partial charge in [-0.1, -0.05) is 18.2 Å². The van der Waals surface area contributed by atoms with Gasteiger partial charge in [-0.2, -0.15) is 0 Å². The van der Waals surface area contributed by atoms with E-state index in [-0.39, 0.29) is 5.56 Å². The van der Waals surface area contributed by atoms with Crippen LogP contribution >= 0.6 is 0 Å². The third-order valence-electron chi connectivity index (χ3n) is 2.95. The van der Waals surface area contributed by atoms with Crippen molar-refractivity contribution < 1.29 is 0 Å². The number of hydrogen-bond acceptors (Lipinski definition) is 2. The van der Waals surface area contributed by atoms with E-state index in [1.807, 2.05) is 44.2 Å². The monoisotopic (exact) mass is 239 g/mol. The highest BCUT2D eigenvalue weighted by Crippen LogP contribution is 2.17. The number of nitrogens with zero attached hydrogens (tertiary/aromatic N) is 2. The largest absolute Gasteiger partial charge is 0.294 e. The van der Waals surface area contributed by atoms with Crippen LogP contribution in [-0.4, -0.2) is 14.8 Å². The molecule has 0 unspecified atom stereocenters. The number of rotatable bonds is 1. The summed E-state index contributed by atoms with van der Waals surface area (Å²) in [6.07, 6.45) is 0. The van der Waals surface area contributed by atoms with E-state index in [9.17, 15) is 4.79 Å². The number of aromatic amines is 1. The summed E-state index contributed by atoms with van der Waals surface area (Å²) in [7, 11) is 0. The standard InChI is InChI=1S/C14H13N3O/c1-9-7-11-5-3-4-6-12(11)15-14(9)17-13(18)8-10(2)16-17/h3-8,16H,1-2H3. The number of aryl methyl sites for hydroxylation is 2. The first kappa shape index (κ1) is 10.8. The lowest BCUT2D eigenvalue weighted by Gasteiger charge is -2.07. The van der Waals surface area contributed by atoms with E-state index in [0.717, 1.165) is 22.2 Å². The van der Waals surface area contributed by atoms with Crippen molar-refractivity contribution in [3.63, 3.8) is 0 Å². The van der Waals surface area contributed by atoms with Crippen LogP contribution in [0.3, 0.4) is 0 Å². The topological polar surface area (TPSA) is 50.7 Å². The summed E-state index contributed by atoms with van der Waals surface area (Å²) in [5.41, 5.74) is 2.60. The molecule has 0 aliphatic heterocycles. The Morgan fingerprint density at radius 1 is 1.17 bits per heavy atom. The molecule has 3 rings (SSSR count). The maximum atomic E-state index is 11.8. The number of aromatic nitrogens is 3. The molecule has 0 atom stereocenters. The van der Waals surface area contributed by atoms with Crippen LogP contribution in [0.5, 0.6) is 0 Å². The van der Waals surface area contributed by atoms with E-state index in [1.165, 1.54) is 4.68 Å². The zero-order valence-electron chi connectivity index (χ0n) is 10.3. The fourth-order valence-corrected chi connectivity index (χ4v) is 2.11. The Bertz CT molecular complexity index is 783. The van der Waals surface area contributed by atoms with Gasteiger partial charge in [0, 0.05) is 17.1 Å². The molecule has 3 aromatic rings. The highest BCUT2D eigenvalue weighted by atomic mass is 16.1. The molecule has 1 aromatic carbocycles. The van der Waals surface area contributed by atoms with E-state index in [4.69, 9.17) is 0 Å². The normalized spacial score (nSPS) is 11.0. The molecule has 0 fully saturated rings. The van der Waals surface area contributed by atoms with Gasteiger partial charge in [-0.3, -0.25) is 9.89 Å². The van der Waals surface area contributed by atoms with Crippen LogP contribution in [0.15, 0.2) is 41.2 Å². The van der Waals surface area contributed by atoms with Gasteiger partial charge in [0.05, 0.1) is 5.52 Å². The van der Waals surface area contributed by atoms with Crippen molar-refractivity contribution >= 4 is 10.9 Å². The van der Waals surface area contributed by atoms with Crippen LogP contribution in [0.4, 0.5) is 0 Å². The summed E-state index contributed by atoms with van der Waals surface area (Å²) in [5, 5.41) is 4.09. The minimum atomic E-state index is -0.0848. The molecule has 90 valence electrons. The summed E-state index contributed by atoms with van der Waals surface area (Å²) >= 11 is 0. The molecule has 0 amide bonds. The van der Waals surface area contributed by atoms with Crippen molar-refractivity contribution in [2.75, 3.05) is 0 Å². The van der Waals surface area contributed by atoms with Crippen LogP contribution in [0.2, 0.25) is 0 Å². The van der Waals surface area contributed by atoms with Crippen LogP contribution in [0, 0.1) is 13.8 Å². The Morgan fingerprint density at radius 3 is 2.67 bits per heavy atom. The predicted molar refractivity (Wildman–Crippen MR) is 71.2 cm³/mol. The number of H-pyrrole nitrogens is 1. The molecule has 0 saturated carbocycles. The first-order valence-electron chi connectivity index (χ1n) is 5.80. The highest BCUT2D eigenvalue weighted by molar-refractivity contribution is 5.80. The van der Waals surface area contributed by atoms with Crippen LogP contribution in [0.1, 0.15) is 11.3 Å². The van der Waals surface area contributed by atoms with Gasteiger partial charge in [-0.15, -0.1) is 0 Å². The van der Waals surface area contributed by atoms with Gasteiger partial charge < -0.3 is 0 Å². The van der Waals surface area contributed by atoms with E-state index < -0.39 is 0 Å². The number of fused-ring (bicyclic) bond motifs is 1. The third-order valence-corrected chi connectivity index (χ3v) is 2.95. The van der Waals surface area contributed by atoms with Gasteiger partial charge in [-0.25, -0.2) is 9.67 Å². The first-order valence-corrected chi connectivity index (χ1v) is 5.80. The molecule has 2 heterocycles. The minimum Gasteiger partial charge on any atom is -0.294 e. The lowest BCUT2D eigenvalue weighted by atomic mass is 10.1. The molecule has 4 heteroatoms. The number of pyridine rings is 1. The number of hydrogen-bond donors (Lipinski definition) is 1. The second-order valence-corrected chi connectivity index (χ2v) is 4.43. The summed E-state index contributed by atoms with van der Waals surface area (Å²) < 4.78 is 1.48. The first-order chi connectivity index (χ1) is 8.65. The molecule has 0 aliphatic rings. The van der Waals surface area contributed by atoms with Gasteiger partial charge in [0.2, 0.25) is 0 Å². The SMILES string of the molecule is Cc1cc(=O)n(-c2nc3ccccc3cc2C)[nH]1. The van der Waals surface area contributed by atoms with Gasteiger partial charge in [0.1, 0.15) is 0 Å². The number of nitrogens with one attached hydrogen (secondary N) is 1. The fraction of sp³-hybridized carbons (Fsp3) is 0.143. The van der Waals surface area contributed by atoms with Gasteiger partial charge >= 0.3 is 0 Å². The molecule has 4 nitrogen and oxygen atoms in total. The molecule has 0 aliphatic carbocycles. The lowest BCUT2D eigenvalue weighted by molar-refractivity contribution is 0.805. The van der Waals surface area contributed by atoms with Crippen molar-refractivity contribution in [1.29, 1.82) is 0 Å². The summed E-state index contributed by atoms with van der Waals surface area (Å²) in [4.78, 5) is 16.4. The molecule has 1 N–H and O–H groups in total. The van der Waals surface area contributed by atoms with Crippen LogP contribution in [-0.2, 0) is 0 Å². The van der Waals surface area contributed by atoms with Crippen molar-refractivity contribution in [2.45, 2.75) is 13.8 Å². The second-order valence-electron chi connectivity index (χ2n) is 4.43. The van der Waals surface area contributed by atoms with Gasteiger partial charge in [0.25, 0.3) is 5.56 Å². The molecular weight excluding hydrogens is 226 g/mol. The lowest BCUT2D eigenvalue weighted by Crippen LogP contribution is -2.16. The Morgan fingerprint density at radius 2 is 1.94 bits per heavy atom. The second kappa shape index (κ2) is 3.84. The third kappa shape index (κ3) is 1.62. The van der Waals surface area contributed by atoms with Crippen molar-refractivity contribution in [1.82, 2.24) is 14.8 Å². The minimum absolute atomic E-state index is 0.0848. The van der Waals surface area contributed by atoms with E-state index >= 15 is 0 Å². The molecular formula is C14H13N3O. The maximum Gasteiger partial charge on any atom is 0.272 e. The van der Waals surface area contributed by atoms with Crippen molar-refractivity contribution in [2.24, 2.45) is 0 Å². The zero-order chi connectivity index (χ0) is 12.7. The number of benzene rings is 1. The quantitative estimate of drug-likeness (QED) is 0.708. The molecule has 0 spiro atoms.